The maximum absolute atomic E-state index is 11.7. The van der Waals surface area contributed by atoms with Crippen LogP contribution in [0.15, 0.2) is 0 Å². The van der Waals surface area contributed by atoms with Crippen molar-refractivity contribution in [2.24, 2.45) is 0 Å². The second-order valence-electron chi connectivity index (χ2n) is 3.44. The molecule has 0 aliphatic heterocycles. The molecule has 0 spiro atoms. The van der Waals surface area contributed by atoms with Crippen molar-refractivity contribution in [2.75, 3.05) is 20.1 Å². The Morgan fingerprint density at radius 3 is 2.24 bits per heavy atom. The van der Waals surface area contributed by atoms with Gasteiger partial charge in [-0.2, -0.15) is 0 Å². The Balaban J connectivity index is 4.43. The maximum atomic E-state index is 11.7. The van der Waals surface area contributed by atoms with Crippen LogP contribution < -0.4 is 10.6 Å². The Morgan fingerprint density at radius 1 is 1.29 bits per heavy atom. The summed E-state index contributed by atoms with van der Waals surface area (Å²) in [6.45, 7) is 3.61. The highest BCUT2D eigenvalue weighted by molar-refractivity contribution is 5.86. The van der Waals surface area contributed by atoms with Crippen molar-refractivity contribution in [3.63, 3.8) is 0 Å². The lowest BCUT2D eigenvalue weighted by molar-refractivity contribution is -0.139. The molecule has 0 unspecified atom stereocenters. The Kier molecular flexibility index (Phi) is 6.69. The molecule has 0 saturated carbocycles. The molecule has 98 valence electrons. The number of aliphatic carboxylic acids is 1. The van der Waals surface area contributed by atoms with Gasteiger partial charge in [0.05, 0.1) is 0 Å². The normalized spacial score (nSPS) is 11.5. The summed E-state index contributed by atoms with van der Waals surface area (Å²) in [5.74, 6) is -1.39. The zero-order valence-electron chi connectivity index (χ0n) is 10.3. The van der Waals surface area contributed by atoms with Crippen molar-refractivity contribution in [1.29, 1.82) is 0 Å². The van der Waals surface area contributed by atoms with Crippen LogP contribution in [0, 0.1) is 0 Å². The molecule has 0 aromatic heterocycles. The van der Waals surface area contributed by atoms with E-state index in [1.54, 1.807) is 13.8 Å². The third kappa shape index (κ3) is 5.19. The first kappa shape index (κ1) is 15.2. The number of likely N-dealkylation sites (N-methyl/N-ethyl adjacent to an activating group) is 2. The maximum Gasteiger partial charge on any atom is 0.326 e. The van der Waals surface area contributed by atoms with Crippen LogP contribution in [0.5, 0.6) is 0 Å². The number of rotatable bonds is 6. The van der Waals surface area contributed by atoms with Gasteiger partial charge in [0, 0.05) is 13.6 Å². The van der Waals surface area contributed by atoms with E-state index in [0.29, 0.717) is 13.0 Å². The van der Waals surface area contributed by atoms with E-state index < -0.39 is 18.0 Å². The van der Waals surface area contributed by atoms with Crippen LogP contribution in [-0.4, -0.2) is 54.1 Å². The van der Waals surface area contributed by atoms with Crippen molar-refractivity contribution in [3.05, 3.63) is 0 Å². The summed E-state index contributed by atoms with van der Waals surface area (Å²) in [6, 6.07) is -1.48. The van der Waals surface area contributed by atoms with Gasteiger partial charge in [0.1, 0.15) is 12.6 Å². The van der Waals surface area contributed by atoms with Crippen molar-refractivity contribution in [3.8, 4) is 0 Å². The molecule has 0 bridgehead atoms. The summed E-state index contributed by atoms with van der Waals surface area (Å²) in [4.78, 5) is 34.8. The van der Waals surface area contributed by atoms with Gasteiger partial charge in [-0.15, -0.1) is 0 Å². The number of hydrogen-bond acceptors (Lipinski definition) is 3. The Bertz CT molecular complexity index is 293. The second kappa shape index (κ2) is 7.48. The van der Waals surface area contributed by atoms with E-state index in [-0.39, 0.29) is 12.5 Å². The van der Waals surface area contributed by atoms with Gasteiger partial charge in [0.2, 0.25) is 5.91 Å². The molecular weight excluding hydrogens is 226 g/mol. The lowest BCUT2D eigenvalue weighted by Crippen LogP contribution is -2.50. The Labute approximate surface area is 100 Å². The minimum absolute atomic E-state index is 0.0884. The second-order valence-corrected chi connectivity index (χ2v) is 3.44. The molecule has 3 amide bonds. The highest BCUT2D eigenvalue weighted by atomic mass is 16.4. The number of amides is 3. The number of carboxylic acid groups (broad SMARTS) is 1. The molecule has 17 heavy (non-hydrogen) atoms. The van der Waals surface area contributed by atoms with Crippen molar-refractivity contribution < 1.29 is 19.5 Å². The highest BCUT2D eigenvalue weighted by Crippen LogP contribution is 1.95. The zero-order chi connectivity index (χ0) is 13.4. The predicted octanol–water partition coefficient (Wildman–Crippen LogP) is -0.373. The number of hydrogen-bond donors (Lipinski definition) is 3. The standard InChI is InChI=1S/C10H19N3O4/c1-4-7(9(15)16)12-10(17)13(5-2)6-8(14)11-3/h7H,4-6H2,1-3H3,(H,11,14)(H,12,17)(H,15,16)/t7-/m1/s1. The van der Waals surface area contributed by atoms with Gasteiger partial charge in [-0.1, -0.05) is 6.92 Å². The summed E-state index contributed by atoms with van der Waals surface area (Å²) < 4.78 is 0. The molecule has 3 N–H and O–H groups in total. The van der Waals surface area contributed by atoms with Crippen LogP contribution in [0.4, 0.5) is 4.79 Å². The van der Waals surface area contributed by atoms with Gasteiger partial charge >= 0.3 is 12.0 Å². The molecule has 1 atom stereocenters. The van der Waals surface area contributed by atoms with E-state index in [4.69, 9.17) is 5.11 Å². The minimum atomic E-state index is -1.09. The topological polar surface area (TPSA) is 98.7 Å². The SMILES string of the molecule is CC[C@@H](NC(=O)N(CC)CC(=O)NC)C(=O)O. The number of carbonyl (C=O) groups excluding carboxylic acids is 2. The highest BCUT2D eigenvalue weighted by Gasteiger charge is 2.21. The number of nitrogens with one attached hydrogen (secondary N) is 2. The van der Waals surface area contributed by atoms with Crippen LogP contribution in [0.2, 0.25) is 0 Å². The molecule has 7 heteroatoms. The molecule has 0 saturated heterocycles. The summed E-state index contributed by atoms with van der Waals surface area (Å²) in [5.41, 5.74) is 0. The van der Waals surface area contributed by atoms with E-state index in [2.05, 4.69) is 10.6 Å². The van der Waals surface area contributed by atoms with E-state index in [0.717, 1.165) is 0 Å². The molecule has 0 fully saturated rings. The molecule has 0 heterocycles. The average Bonchev–Trinajstić information content (AvgIpc) is 2.31. The van der Waals surface area contributed by atoms with Gasteiger partial charge in [0.15, 0.2) is 0 Å². The van der Waals surface area contributed by atoms with E-state index >= 15 is 0 Å². The third-order valence-corrected chi connectivity index (χ3v) is 2.29. The van der Waals surface area contributed by atoms with Gasteiger partial charge in [-0.05, 0) is 13.3 Å². The number of nitrogens with zero attached hydrogens (tertiary/aromatic N) is 1. The Hall–Kier alpha value is -1.79. The smallest absolute Gasteiger partial charge is 0.326 e. The Morgan fingerprint density at radius 2 is 1.88 bits per heavy atom. The van der Waals surface area contributed by atoms with Gasteiger partial charge in [-0.3, -0.25) is 4.79 Å². The number of carboxylic acids is 1. The predicted molar refractivity (Wildman–Crippen MR) is 61.6 cm³/mol. The van der Waals surface area contributed by atoms with Gasteiger partial charge < -0.3 is 20.6 Å². The first-order chi connectivity index (χ1) is 7.96. The zero-order valence-corrected chi connectivity index (χ0v) is 10.3. The first-order valence-electron chi connectivity index (χ1n) is 5.45. The van der Waals surface area contributed by atoms with Gasteiger partial charge in [-0.25, -0.2) is 9.59 Å². The molecule has 0 radical (unpaired) electrons. The third-order valence-electron chi connectivity index (χ3n) is 2.29. The van der Waals surface area contributed by atoms with Crippen LogP contribution in [0.25, 0.3) is 0 Å². The lowest BCUT2D eigenvalue weighted by atomic mass is 10.2. The van der Waals surface area contributed by atoms with E-state index in [9.17, 15) is 14.4 Å². The van der Waals surface area contributed by atoms with Crippen LogP contribution in [0.3, 0.4) is 0 Å². The average molecular weight is 245 g/mol. The van der Waals surface area contributed by atoms with E-state index in [1.165, 1.54) is 11.9 Å². The summed E-state index contributed by atoms with van der Waals surface area (Å²) in [7, 11) is 1.47. The summed E-state index contributed by atoms with van der Waals surface area (Å²) in [5, 5.41) is 13.5. The quantitative estimate of drug-likeness (QED) is 0.594. The lowest BCUT2D eigenvalue weighted by Gasteiger charge is -2.22. The molecule has 0 rings (SSSR count). The summed E-state index contributed by atoms with van der Waals surface area (Å²) >= 11 is 0. The minimum Gasteiger partial charge on any atom is -0.480 e. The molecule has 0 aromatic rings. The van der Waals surface area contributed by atoms with Crippen LogP contribution >= 0.6 is 0 Å². The van der Waals surface area contributed by atoms with Crippen molar-refractivity contribution >= 4 is 17.9 Å². The largest absolute Gasteiger partial charge is 0.480 e. The first-order valence-corrected chi connectivity index (χ1v) is 5.45. The van der Waals surface area contributed by atoms with Crippen LogP contribution in [-0.2, 0) is 9.59 Å². The molecule has 0 aliphatic carbocycles. The van der Waals surface area contributed by atoms with Gasteiger partial charge in [0.25, 0.3) is 0 Å². The van der Waals surface area contributed by atoms with Crippen molar-refractivity contribution in [2.45, 2.75) is 26.3 Å². The molecular formula is C10H19N3O4. The summed E-state index contributed by atoms with van der Waals surface area (Å²) in [6.07, 6.45) is 0.290. The fraction of sp³-hybridized carbons (Fsp3) is 0.700. The van der Waals surface area contributed by atoms with Crippen LogP contribution in [0.1, 0.15) is 20.3 Å². The fourth-order valence-electron chi connectivity index (χ4n) is 1.16. The number of urea groups is 1. The molecule has 0 aliphatic rings. The molecule has 0 aromatic carbocycles. The fourth-order valence-corrected chi connectivity index (χ4v) is 1.16. The van der Waals surface area contributed by atoms with Crippen molar-refractivity contribution in [1.82, 2.24) is 15.5 Å². The molecule has 7 nitrogen and oxygen atoms in total. The monoisotopic (exact) mass is 245 g/mol. The van der Waals surface area contributed by atoms with E-state index in [1.807, 2.05) is 0 Å². The number of carbonyl (C=O) groups is 3.